The van der Waals surface area contributed by atoms with Gasteiger partial charge in [-0.05, 0) is 98.5 Å². The topological polar surface area (TPSA) is 24.9 Å². The van der Waals surface area contributed by atoms with Gasteiger partial charge in [-0.15, -0.1) is 0 Å². The number of anilines is 1. The first kappa shape index (κ1) is 21.6. The van der Waals surface area contributed by atoms with Crippen LogP contribution >= 0.6 is 0 Å². The molecule has 0 aliphatic heterocycles. The lowest BCUT2D eigenvalue weighted by atomic mass is 9.87. The lowest BCUT2D eigenvalue weighted by Crippen LogP contribution is -2.09. The molecule has 1 aliphatic carbocycles. The molecule has 1 aliphatic rings. The van der Waals surface area contributed by atoms with Gasteiger partial charge in [0.05, 0.1) is 0 Å². The molecule has 2 nitrogen and oxygen atoms in total. The number of benzene rings is 2. The Morgan fingerprint density at radius 2 is 1.58 bits per heavy atom. The summed E-state index contributed by atoms with van der Waals surface area (Å²) in [4.78, 5) is 4.84. The summed E-state index contributed by atoms with van der Waals surface area (Å²) < 4.78 is 0. The molecule has 1 saturated carbocycles. The molecule has 3 aromatic rings. The van der Waals surface area contributed by atoms with Crippen LogP contribution in [0.3, 0.4) is 0 Å². The van der Waals surface area contributed by atoms with Crippen LogP contribution in [0.5, 0.6) is 0 Å². The van der Waals surface area contributed by atoms with Gasteiger partial charge in [0.1, 0.15) is 0 Å². The van der Waals surface area contributed by atoms with Gasteiger partial charge in [-0.2, -0.15) is 0 Å². The van der Waals surface area contributed by atoms with E-state index in [9.17, 15) is 0 Å². The quantitative estimate of drug-likeness (QED) is 0.445. The third kappa shape index (κ3) is 4.84. The smallest absolute Gasteiger partial charge is 0.0406 e. The highest BCUT2D eigenvalue weighted by atomic mass is 14.9. The van der Waals surface area contributed by atoms with Crippen molar-refractivity contribution in [1.29, 1.82) is 0 Å². The maximum absolute atomic E-state index is 4.84. The minimum Gasteiger partial charge on any atom is -0.383 e. The number of nitrogens with zero attached hydrogens (tertiary/aromatic N) is 1. The van der Waals surface area contributed by atoms with Crippen LogP contribution in [-0.2, 0) is 6.42 Å². The number of hydrogen-bond acceptors (Lipinski definition) is 2. The zero-order chi connectivity index (χ0) is 22.0. The Labute approximate surface area is 188 Å². The Morgan fingerprint density at radius 3 is 2.19 bits per heavy atom. The second kappa shape index (κ2) is 9.26. The standard InChI is InChI=1S/C29H36N2/c1-19(2)31-26-13-10-24(11-14-26)28-16-20(3)29(22(5)21(28)4)25-12-15-27(30-18-25)17-23-8-6-7-9-23/h10-16,18-19,23,31H,6-9,17H2,1-5H3. The Morgan fingerprint density at radius 1 is 0.903 bits per heavy atom. The summed E-state index contributed by atoms with van der Waals surface area (Å²) in [6, 6.07) is 16.1. The number of aromatic nitrogens is 1. The Bertz CT molecular complexity index is 1020. The van der Waals surface area contributed by atoms with Gasteiger partial charge in [0.2, 0.25) is 0 Å². The van der Waals surface area contributed by atoms with Crippen LogP contribution < -0.4 is 5.32 Å². The first-order valence-electron chi connectivity index (χ1n) is 11.9. The summed E-state index contributed by atoms with van der Waals surface area (Å²) in [5.41, 5.74) is 11.6. The number of nitrogens with one attached hydrogen (secondary N) is 1. The van der Waals surface area contributed by atoms with E-state index in [1.165, 1.54) is 76.0 Å². The predicted octanol–water partition coefficient (Wildman–Crippen LogP) is 7.89. The molecule has 0 amide bonds. The fraction of sp³-hybridized carbons (Fsp3) is 0.414. The molecule has 0 unspecified atom stereocenters. The van der Waals surface area contributed by atoms with E-state index < -0.39 is 0 Å². The van der Waals surface area contributed by atoms with Gasteiger partial charge in [0, 0.05) is 29.2 Å². The minimum atomic E-state index is 0.439. The number of aryl methyl sites for hydroxylation is 1. The van der Waals surface area contributed by atoms with E-state index in [1.54, 1.807) is 0 Å². The fourth-order valence-corrected chi connectivity index (χ4v) is 5.11. The summed E-state index contributed by atoms with van der Waals surface area (Å²) in [5.74, 6) is 0.838. The maximum atomic E-state index is 4.84. The van der Waals surface area contributed by atoms with Crippen LogP contribution in [0.25, 0.3) is 22.3 Å². The highest BCUT2D eigenvalue weighted by molar-refractivity contribution is 5.80. The summed E-state index contributed by atoms with van der Waals surface area (Å²) in [6.45, 7) is 11.1. The fourth-order valence-electron chi connectivity index (χ4n) is 5.11. The molecule has 0 radical (unpaired) electrons. The van der Waals surface area contributed by atoms with Crippen molar-refractivity contribution in [3.8, 4) is 22.3 Å². The second-order valence-corrected chi connectivity index (χ2v) is 9.64. The van der Waals surface area contributed by atoms with Crippen molar-refractivity contribution in [2.75, 3.05) is 5.32 Å². The van der Waals surface area contributed by atoms with Gasteiger partial charge >= 0.3 is 0 Å². The highest BCUT2D eigenvalue weighted by Crippen LogP contribution is 2.36. The van der Waals surface area contributed by atoms with E-state index in [2.05, 4.69) is 88.6 Å². The molecule has 1 heterocycles. The van der Waals surface area contributed by atoms with E-state index in [-0.39, 0.29) is 0 Å². The molecular formula is C29H36N2. The van der Waals surface area contributed by atoms with Crippen molar-refractivity contribution in [2.24, 2.45) is 5.92 Å². The average Bonchev–Trinajstić information content (AvgIpc) is 3.25. The number of hydrogen-bond donors (Lipinski definition) is 1. The first-order chi connectivity index (χ1) is 14.9. The van der Waals surface area contributed by atoms with Crippen LogP contribution in [0.2, 0.25) is 0 Å². The monoisotopic (exact) mass is 412 g/mol. The molecular weight excluding hydrogens is 376 g/mol. The Balaban J connectivity index is 1.61. The van der Waals surface area contributed by atoms with Gasteiger partial charge in [-0.3, -0.25) is 4.98 Å². The lowest BCUT2D eigenvalue weighted by Gasteiger charge is -2.18. The Hall–Kier alpha value is -2.61. The zero-order valence-corrected chi connectivity index (χ0v) is 19.8. The third-order valence-electron chi connectivity index (χ3n) is 6.83. The maximum Gasteiger partial charge on any atom is 0.0406 e. The van der Waals surface area contributed by atoms with Crippen LogP contribution in [0.4, 0.5) is 5.69 Å². The van der Waals surface area contributed by atoms with Crippen molar-refractivity contribution in [3.63, 3.8) is 0 Å². The summed E-state index contributed by atoms with van der Waals surface area (Å²) in [6.07, 6.45) is 8.75. The van der Waals surface area contributed by atoms with Gasteiger partial charge in [-0.25, -0.2) is 0 Å². The van der Waals surface area contributed by atoms with E-state index in [0.717, 1.165) is 12.3 Å². The molecule has 0 atom stereocenters. The van der Waals surface area contributed by atoms with Crippen molar-refractivity contribution < 1.29 is 0 Å². The van der Waals surface area contributed by atoms with Crippen molar-refractivity contribution >= 4 is 5.69 Å². The number of pyridine rings is 1. The lowest BCUT2D eigenvalue weighted by molar-refractivity contribution is 0.539. The largest absolute Gasteiger partial charge is 0.383 e. The molecule has 0 saturated heterocycles. The third-order valence-corrected chi connectivity index (χ3v) is 6.83. The van der Waals surface area contributed by atoms with Crippen LogP contribution in [0.15, 0.2) is 48.7 Å². The normalized spacial score (nSPS) is 14.4. The molecule has 1 aromatic heterocycles. The van der Waals surface area contributed by atoms with Gasteiger partial charge in [0.15, 0.2) is 0 Å². The molecule has 162 valence electrons. The molecule has 0 spiro atoms. The average molecular weight is 413 g/mol. The Kier molecular flexibility index (Phi) is 6.46. The van der Waals surface area contributed by atoms with Crippen molar-refractivity contribution in [1.82, 2.24) is 4.98 Å². The molecule has 0 bridgehead atoms. The van der Waals surface area contributed by atoms with Crippen LogP contribution in [-0.4, -0.2) is 11.0 Å². The minimum absolute atomic E-state index is 0.439. The molecule has 31 heavy (non-hydrogen) atoms. The van der Waals surface area contributed by atoms with E-state index in [1.807, 2.05) is 0 Å². The predicted molar refractivity (Wildman–Crippen MR) is 134 cm³/mol. The summed E-state index contributed by atoms with van der Waals surface area (Å²) in [7, 11) is 0. The first-order valence-corrected chi connectivity index (χ1v) is 11.9. The van der Waals surface area contributed by atoms with E-state index >= 15 is 0 Å². The van der Waals surface area contributed by atoms with E-state index in [4.69, 9.17) is 4.98 Å². The molecule has 1 N–H and O–H groups in total. The summed E-state index contributed by atoms with van der Waals surface area (Å²) in [5, 5.41) is 3.47. The molecule has 1 fully saturated rings. The zero-order valence-electron chi connectivity index (χ0n) is 19.8. The second-order valence-electron chi connectivity index (χ2n) is 9.64. The van der Waals surface area contributed by atoms with Crippen molar-refractivity contribution in [2.45, 2.75) is 72.8 Å². The van der Waals surface area contributed by atoms with Crippen LogP contribution in [0.1, 0.15) is 61.9 Å². The van der Waals surface area contributed by atoms with Gasteiger partial charge < -0.3 is 5.32 Å². The molecule has 4 rings (SSSR count). The van der Waals surface area contributed by atoms with Gasteiger partial charge in [-0.1, -0.05) is 49.9 Å². The van der Waals surface area contributed by atoms with Crippen LogP contribution in [0, 0.1) is 26.7 Å². The summed E-state index contributed by atoms with van der Waals surface area (Å²) >= 11 is 0. The van der Waals surface area contributed by atoms with Crippen molar-refractivity contribution in [3.05, 3.63) is 71.0 Å². The highest BCUT2D eigenvalue weighted by Gasteiger charge is 2.17. The van der Waals surface area contributed by atoms with E-state index in [0.29, 0.717) is 6.04 Å². The number of rotatable bonds is 6. The van der Waals surface area contributed by atoms with Gasteiger partial charge in [0.25, 0.3) is 0 Å². The molecule has 2 aromatic carbocycles. The molecule has 2 heteroatoms. The SMILES string of the molecule is Cc1cc(-c2ccc(NC(C)C)cc2)c(C)c(C)c1-c1ccc(CC2CCCC2)nc1.